The van der Waals surface area contributed by atoms with Crippen molar-refractivity contribution in [1.82, 2.24) is 5.32 Å². The summed E-state index contributed by atoms with van der Waals surface area (Å²) in [4.78, 5) is 0. The van der Waals surface area contributed by atoms with Gasteiger partial charge < -0.3 is 10.1 Å². The van der Waals surface area contributed by atoms with Crippen LogP contribution < -0.4 is 10.1 Å². The van der Waals surface area contributed by atoms with Gasteiger partial charge in [0.25, 0.3) is 0 Å². The van der Waals surface area contributed by atoms with Gasteiger partial charge in [-0.1, -0.05) is 22.4 Å². The molecule has 1 aliphatic rings. The number of rotatable bonds is 2. The smallest absolute Gasteiger partial charge is 0.405 e. The van der Waals surface area contributed by atoms with E-state index in [1.54, 1.807) is 12.1 Å². The molecule has 1 aromatic carbocycles. The zero-order valence-corrected chi connectivity index (χ0v) is 12.4. The maximum atomic E-state index is 12.3. The van der Waals surface area contributed by atoms with Gasteiger partial charge in [0, 0.05) is 16.1 Å². The molecule has 0 aliphatic carbocycles. The summed E-state index contributed by atoms with van der Waals surface area (Å²) in [5, 5.41) is 3.22. The number of benzene rings is 1. The van der Waals surface area contributed by atoms with Gasteiger partial charge in [0.05, 0.1) is 0 Å². The molecule has 2 nitrogen and oxygen atoms in total. The molecule has 0 bridgehead atoms. The second kappa shape index (κ2) is 6.81. The number of ether oxygens (including phenoxy) is 1. The third-order valence-corrected chi connectivity index (χ3v) is 3.38. The first kappa shape index (κ1) is 16.6. The highest BCUT2D eigenvalue weighted by Crippen LogP contribution is 2.35. The van der Waals surface area contributed by atoms with Crippen molar-refractivity contribution in [3.05, 3.63) is 28.2 Å². The van der Waals surface area contributed by atoms with E-state index in [2.05, 4.69) is 26.0 Å². The molecule has 1 heterocycles. The fraction of sp³-hybridized carbons (Fsp3) is 0.500. The first-order valence-corrected chi connectivity index (χ1v) is 6.53. The van der Waals surface area contributed by atoms with Crippen LogP contribution in [-0.2, 0) is 0 Å². The minimum atomic E-state index is -4.66. The molecule has 7 heteroatoms. The predicted octanol–water partition coefficient (Wildman–Crippen LogP) is 4.58. The number of nitrogens with one attached hydrogen (secondary N) is 1. The average Bonchev–Trinajstić information content (AvgIpc) is 2.31. The minimum absolute atomic E-state index is 0. The molecular weight excluding hydrogens is 346 g/mol. The van der Waals surface area contributed by atoms with Crippen molar-refractivity contribution in [3.63, 3.8) is 0 Å². The molecule has 1 aromatic rings. The molecule has 19 heavy (non-hydrogen) atoms. The van der Waals surface area contributed by atoms with Crippen molar-refractivity contribution in [2.24, 2.45) is 0 Å². The van der Waals surface area contributed by atoms with Crippen LogP contribution in [-0.4, -0.2) is 12.9 Å². The lowest BCUT2D eigenvalue weighted by Gasteiger charge is -2.26. The van der Waals surface area contributed by atoms with Crippen molar-refractivity contribution in [3.8, 4) is 5.75 Å². The van der Waals surface area contributed by atoms with E-state index in [1.807, 2.05) is 0 Å². The highest BCUT2D eigenvalue weighted by molar-refractivity contribution is 9.10. The van der Waals surface area contributed by atoms with Crippen LogP contribution in [0.5, 0.6) is 5.75 Å². The molecule has 0 aromatic heterocycles. The van der Waals surface area contributed by atoms with E-state index in [1.165, 1.54) is 6.07 Å². The molecule has 1 saturated heterocycles. The summed E-state index contributed by atoms with van der Waals surface area (Å²) >= 11 is 3.28. The molecule has 1 atom stereocenters. The molecule has 0 unspecified atom stereocenters. The lowest BCUT2D eigenvalue weighted by atomic mass is 9.97. The average molecular weight is 361 g/mol. The fourth-order valence-corrected chi connectivity index (χ4v) is 2.51. The van der Waals surface area contributed by atoms with E-state index in [9.17, 15) is 13.2 Å². The van der Waals surface area contributed by atoms with Crippen LogP contribution in [0.15, 0.2) is 22.7 Å². The minimum Gasteiger partial charge on any atom is -0.405 e. The van der Waals surface area contributed by atoms with Gasteiger partial charge in [0.15, 0.2) is 0 Å². The zero-order chi connectivity index (χ0) is 13.2. The lowest BCUT2D eigenvalue weighted by Crippen LogP contribution is -2.28. The van der Waals surface area contributed by atoms with Gasteiger partial charge in [-0.25, -0.2) is 0 Å². The Morgan fingerprint density at radius 2 is 2.00 bits per heavy atom. The van der Waals surface area contributed by atoms with Crippen molar-refractivity contribution < 1.29 is 17.9 Å². The highest BCUT2D eigenvalue weighted by atomic mass is 79.9. The molecule has 1 aliphatic heterocycles. The van der Waals surface area contributed by atoms with Gasteiger partial charge in [-0.05, 0) is 37.6 Å². The molecular formula is C12H14BrClF3NO. The molecule has 0 spiro atoms. The van der Waals surface area contributed by atoms with E-state index in [4.69, 9.17) is 0 Å². The van der Waals surface area contributed by atoms with Crippen LogP contribution >= 0.6 is 28.3 Å². The van der Waals surface area contributed by atoms with E-state index in [0.29, 0.717) is 5.56 Å². The fourth-order valence-electron chi connectivity index (χ4n) is 2.13. The summed E-state index contributed by atoms with van der Waals surface area (Å²) in [6, 6.07) is 4.51. The predicted molar refractivity (Wildman–Crippen MR) is 72.7 cm³/mol. The summed E-state index contributed by atoms with van der Waals surface area (Å²) in [6.07, 6.45) is -1.77. The van der Waals surface area contributed by atoms with Crippen molar-refractivity contribution >= 4 is 28.3 Å². The van der Waals surface area contributed by atoms with Crippen LogP contribution in [0.1, 0.15) is 30.9 Å². The largest absolute Gasteiger partial charge is 0.573 e. The first-order valence-electron chi connectivity index (χ1n) is 5.74. The molecule has 0 radical (unpaired) electrons. The molecule has 2 rings (SSSR count). The monoisotopic (exact) mass is 359 g/mol. The van der Waals surface area contributed by atoms with Crippen LogP contribution in [0, 0.1) is 0 Å². The van der Waals surface area contributed by atoms with Crippen LogP contribution in [0.3, 0.4) is 0 Å². The maximum absolute atomic E-state index is 12.3. The Labute approximate surface area is 124 Å². The van der Waals surface area contributed by atoms with Crippen molar-refractivity contribution in [2.45, 2.75) is 31.7 Å². The quantitative estimate of drug-likeness (QED) is 0.833. The summed E-state index contributed by atoms with van der Waals surface area (Å²) in [5.41, 5.74) is 0.557. The van der Waals surface area contributed by atoms with Gasteiger partial charge in [-0.3, -0.25) is 0 Å². The van der Waals surface area contributed by atoms with Gasteiger partial charge in [-0.15, -0.1) is 25.6 Å². The van der Waals surface area contributed by atoms with Gasteiger partial charge >= 0.3 is 6.36 Å². The maximum Gasteiger partial charge on any atom is 0.573 e. The second-order valence-corrected chi connectivity index (χ2v) is 5.15. The van der Waals surface area contributed by atoms with E-state index < -0.39 is 6.36 Å². The Bertz CT molecular complexity index is 422. The highest BCUT2D eigenvalue weighted by Gasteiger charge is 2.33. The molecule has 0 saturated carbocycles. The summed E-state index contributed by atoms with van der Waals surface area (Å²) in [5.74, 6) is -0.120. The molecule has 0 amide bonds. The number of halogens is 5. The summed E-state index contributed by atoms with van der Waals surface area (Å²) < 4.78 is 41.8. The molecule has 1 N–H and O–H groups in total. The normalized spacial score (nSPS) is 19.7. The Morgan fingerprint density at radius 1 is 1.26 bits per heavy atom. The van der Waals surface area contributed by atoms with Gasteiger partial charge in [-0.2, -0.15) is 0 Å². The van der Waals surface area contributed by atoms with E-state index in [0.717, 1.165) is 30.3 Å². The third-order valence-electron chi connectivity index (χ3n) is 2.88. The first-order chi connectivity index (χ1) is 8.46. The summed E-state index contributed by atoms with van der Waals surface area (Å²) in [7, 11) is 0. The van der Waals surface area contributed by atoms with E-state index >= 15 is 0 Å². The topological polar surface area (TPSA) is 21.3 Å². The van der Waals surface area contributed by atoms with Crippen LogP contribution in [0.4, 0.5) is 13.2 Å². The number of piperidine rings is 1. The van der Waals surface area contributed by atoms with E-state index in [-0.39, 0.29) is 24.2 Å². The standard InChI is InChI=1S/C12H13BrF3NO.ClH/c13-8-4-5-11(18-12(14,15)16)9(7-8)10-3-1-2-6-17-10;/h4-5,7,10,17H,1-3,6H2;1H/t10-;/m1./s1. The lowest BCUT2D eigenvalue weighted by molar-refractivity contribution is -0.275. The zero-order valence-electron chi connectivity index (χ0n) is 9.97. The number of hydrogen-bond acceptors (Lipinski definition) is 2. The third kappa shape index (κ3) is 4.85. The van der Waals surface area contributed by atoms with Gasteiger partial charge in [0.2, 0.25) is 0 Å². The number of alkyl halides is 3. The van der Waals surface area contributed by atoms with Gasteiger partial charge in [0.1, 0.15) is 5.75 Å². The summed E-state index contributed by atoms with van der Waals surface area (Å²) in [6.45, 7) is 0.822. The second-order valence-electron chi connectivity index (χ2n) is 4.23. The molecule has 1 fully saturated rings. The molecule has 108 valence electrons. The van der Waals surface area contributed by atoms with Crippen LogP contribution in [0.2, 0.25) is 0 Å². The Morgan fingerprint density at radius 3 is 2.58 bits per heavy atom. The Balaban J connectivity index is 0.00000180. The number of hydrogen-bond donors (Lipinski definition) is 1. The van der Waals surface area contributed by atoms with Crippen molar-refractivity contribution in [1.29, 1.82) is 0 Å². The Kier molecular flexibility index (Phi) is 5.95. The van der Waals surface area contributed by atoms with Crippen molar-refractivity contribution in [2.75, 3.05) is 6.54 Å². The SMILES string of the molecule is Cl.FC(F)(F)Oc1ccc(Br)cc1[C@H]1CCCCN1. The van der Waals surface area contributed by atoms with Crippen LogP contribution in [0.25, 0.3) is 0 Å². The Hall–Kier alpha value is -0.460.